The first-order valence-corrected chi connectivity index (χ1v) is 7.61. The third-order valence-electron chi connectivity index (χ3n) is 3.42. The van der Waals surface area contributed by atoms with Crippen LogP contribution in [0.3, 0.4) is 0 Å². The minimum Gasteiger partial charge on any atom is -0.493 e. The summed E-state index contributed by atoms with van der Waals surface area (Å²) in [6.07, 6.45) is 2.05. The maximum Gasteiger partial charge on any atom is 0.122 e. The van der Waals surface area contributed by atoms with Crippen LogP contribution in [0.15, 0.2) is 30.3 Å². The van der Waals surface area contributed by atoms with Crippen LogP contribution in [0.2, 0.25) is 0 Å². The van der Waals surface area contributed by atoms with Crippen molar-refractivity contribution >= 4 is 11.3 Å². The largest absolute Gasteiger partial charge is 0.493 e. The van der Waals surface area contributed by atoms with Gasteiger partial charge in [0.2, 0.25) is 0 Å². The predicted molar refractivity (Wildman–Crippen MR) is 80.1 cm³/mol. The Labute approximate surface area is 122 Å². The van der Waals surface area contributed by atoms with Crippen molar-refractivity contribution in [1.82, 2.24) is 5.32 Å². The maximum absolute atomic E-state index is 8.78. The number of nitrogens with zero attached hydrogens (tertiary/aromatic N) is 1. The van der Waals surface area contributed by atoms with Gasteiger partial charge in [-0.2, -0.15) is 5.26 Å². The molecule has 1 aliphatic rings. The number of nitrogens with one attached hydrogen (secondary N) is 1. The highest BCUT2D eigenvalue weighted by Gasteiger charge is 2.11. The van der Waals surface area contributed by atoms with Gasteiger partial charge in [0, 0.05) is 17.8 Å². The Morgan fingerprint density at radius 3 is 3.10 bits per heavy atom. The van der Waals surface area contributed by atoms with Crippen LogP contribution in [-0.2, 0) is 19.4 Å². The lowest BCUT2D eigenvalue weighted by molar-refractivity contribution is 0.357. The molecule has 1 N–H and O–H groups in total. The second-order valence-corrected chi connectivity index (χ2v) is 6.01. The lowest BCUT2D eigenvalue weighted by Gasteiger charge is -2.05. The van der Waals surface area contributed by atoms with Gasteiger partial charge >= 0.3 is 0 Å². The lowest BCUT2D eigenvalue weighted by atomic mass is 10.1. The van der Waals surface area contributed by atoms with E-state index in [9.17, 15) is 0 Å². The summed E-state index contributed by atoms with van der Waals surface area (Å²) < 4.78 is 5.51. The molecule has 0 amide bonds. The van der Waals surface area contributed by atoms with Crippen LogP contribution in [0.25, 0.3) is 0 Å². The summed E-state index contributed by atoms with van der Waals surface area (Å²) in [5.41, 5.74) is 2.69. The van der Waals surface area contributed by atoms with Crippen LogP contribution in [0.1, 0.15) is 20.9 Å². The van der Waals surface area contributed by atoms with E-state index in [0.717, 1.165) is 43.2 Å². The summed E-state index contributed by atoms with van der Waals surface area (Å²) in [6.45, 7) is 2.59. The van der Waals surface area contributed by atoms with Crippen molar-refractivity contribution in [3.8, 4) is 11.8 Å². The molecule has 0 bridgehead atoms. The van der Waals surface area contributed by atoms with E-state index in [2.05, 4.69) is 29.6 Å². The molecule has 3 rings (SSSR count). The summed E-state index contributed by atoms with van der Waals surface area (Å²) >= 11 is 1.56. The van der Waals surface area contributed by atoms with Crippen molar-refractivity contribution in [2.24, 2.45) is 0 Å². The standard InChI is InChI=1S/C16H16N2OS/c17-10-14-2-3-15(20-14)11-18-7-5-12-1-4-16-13(9-12)6-8-19-16/h1-4,9,18H,5-8,11H2. The van der Waals surface area contributed by atoms with E-state index in [-0.39, 0.29) is 0 Å². The fourth-order valence-corrected chi connectivity index (χ4v) is 3.15. The first-order valence-electron chi connectivity index (χ1n) is 6.79. The zero-order valence-corrected chi connectivity index (χ0v) is 12.0. The number of thiophene rings is 1. The number of benzene rings is 1. The zero-order chi connectivity index (χ0) is 13.8. The second kappa shape index (κ2) is 6.08. The van der Waals surface area contributed by atoms with Gasteiger partial charge in [-0.15, -0.1) is 11.3 Å². The quantitative estimate of drug-likeness (QED) is 0.859. The van der Waals surface area contributed by atoms with Gasteiger partial charge in [-0.3, -0.25) is 0 Å². The third kappa shape index (κ3) is 3.01. The topological polar surface area (TPSA) is 45.0 Å². The van der Waals surface area contributed by atoms with Gasteiger partial charge in [0.05, 0.1) is 6.61 Å². The Hall–Kier alpha value is -1.83. The summed E-state index contributed by atoms with van der Waals surface area (Å²) in [4.78, 5) is 1.99. The van der Waals surface area contributed by atoms with Crippen molar-refractivity contribution in [3.63, 3.8) is 0 Å². The molecule has 1 aliphatic heterocycles. The van der Waals surface area contributed by atoms with Crippen LogP contribution in [0.5, 0.6) is 5.75 Å². The molecule has 102 valence electrons. The molecule has 0 unspecified atom stereocenters. The van der Waals surface area contributed by atoms with Gasteiger partial charge < -0.3 is 10.1 Å². The smallest absolute Gasteiger partial charge is 0.122 e. The lowest BCUT2D eigenvalue weighted by Crippen LogP contribution is -2.15. The van der Waals surface area contributed by atoms with Crippen molar-refractivity contribution < 1.29 is 4.74 Å². The molecule has 1 aromatic carbocycles. The highest BCUT2D eigenvalue weighted by Crippen LogP contribution is 2.25. The van der Waals surface area contributed by atoms with Crippen LogP contribution in [0, 0.1) is 11.3 Å². The van der Waals surface area contributed by atoms with E-state index in [0.29, 0.717) is 0 Å². The van der Waals surface area contributed by atoms with Crippen LogP contribution < -0.4 is 10.1 Å². The Bertz CT molecular complexity index is 642. The van der Waals surface area contributed by atoms with Gasteiger partial charge in [-0.1, -0.05) is 12.1 Å². The normalized spacial score (nSPS) is 12.8. The number of nitriles is 1. The molecular weight excluding hydrogens is 268 g/mol. The van der Waals surface area contributed by atoms with Crippen molar-refractivity contribution in [2.45, 2.75) is 19.4 Å². The Balaban J connectivity index is 1.47. The second-order valence-electron chi connectivity index (χ2n) is 4.85. The number of ether oxygens (including phenoxy) is 1. The molecule has 20 heavy (non-hydrogen) atoms. The minimum absolute atomic E-state index is 0.778. The fraction of sp³-hybridized carbons (Fsp3) is 0.312. The summed E-state index contributed by atoms with van der Waals surface area (Å²) in [5, 5.41) is 12.2. The molecule has 0 radical (unpaired) electrons. The molecule has 4 heteroatoms. The van der Waals surface area contributed by atoms with E-state index in [4.69, 9.17) is 10.00 Å². The Morgan fingerprint density at radius 2 is 2.25 bits per heavy atom. The van der Waals surface area contributed by atoms with Crippen molar-refractivity contribution in [3.05, 3.63) is 51.2 Å². The molecule has 0 atom stereocenters. The van der Waals surface area contributed by atoms with Crippen LogP contribution in [-0.4, -0.2) is 13.2 Å². The number of hydrogen-bond donors (Lipinski definition) is 1. The molecule has 0 spiro atoms. The third-order valence-corrected chi connectivity index (χ3v) is 4.41. The predicted octanol–water partition coefficient (Wildman–Crippen LogP) is 2.89. The van der Waals surface area contributed by atoms with Gasteiger partial charge in [0.1, 0.15) is 16.7 Å². The molecule has 0 saturated heterocycles. The minimum atomic E-state index is 0.778. The van der Waals surface area contributed by atoms with E-state index in [1.54, 1.807) is 11.3 Å². The molecular formula is C16H16N2OS. The number of hydrogen-bond acceptors (Lipinski definition) is 4. The van der Waals surface area contributed by atoms with Gasteiger partial charge in [0.25, 0.3) is 0 Å². The van der Waals surface area contributed by atoms with E-state index in [1.807, 2.05) is 12.1 Å². The summed E-state index contributed by atoms with van der Waals surface area (Å²) in [6, 6.07) is 12.5. The monoisotopic (exact) mass is 284 g/mol. The Kier molecular flexibility index (Phi) is 4.00. The first kappa shape index (κ1) is 13.2. The first-order chi connectivity index (χ1) is 9.85. The Morgan fingerprint density at radius 1 is 1.30 bits per heavy atom. The van der Waals surface area contributed by atoms with E-state index < -0.39 is 0 Å². The molecule has 2 aromatic rings. The fourth-order valence-electron chi connectivity index (χ4n) is 2.37. The maximum atomic E-state index is 8.78. The summed E-state index contributed by atoms with van der Waals surface area (Å²) in [5.74, 6) is 1.05. The molecule has 2 heterocycles. The van der Waals surface area contributed by atoms with E-state index >= 15 is 0 Å². The number of rotatable bonds is 5. The van der Waals surface area contributed by atoms with Crippen LogP contribution >= 0.6 is 11.3 Å². The van der Waals surface area contributed by atoms with Gasteiger partial charge in [0.15, 0.2) is 0 Å². The molecule has 0 saturated carbocycles. The van der Waals surface area contributed by atoms with Crippen molar-refractivity contribution in [2.75, 3.05) is 13.2 Å². The van der Waals surface area contributed by atoms with E-state index in [1.165, 1.54) is 16.0 Å². The van der Waals surface area contributed by atoms with Gasteiger partial charge in [-0.05, 0) is 42.3 Å². The van der Waals surface area contributed by atoms with Crippen molar-refractivity contribution in [1.29, 1.82) is 5.26 Å². The molecule has 1 aromatic heterocycles. The molecule has 0 aliphatic carbocycles. The number of fused-ring (bicyclic) bond motifs is 1. The average molecular weight is 284 g/mol. The zero-order valence-electron chi connectivity index (χ0n) is 11.2. The summed E-state index contributed by atoms with van der Waals surface area (Å²) in [7, 11) is 0. The molecule has 3 nitrogen and oxygen atoms in total. The SMILES string of the molecule is N#Cc1ccc(CNCCc2ccc3c(c2)CCO3)s1. The molecule has 0 fully saturated rings. The van der Waals surface area contributed by atoms with Crippen LogP contribution in [0.4, 0.5) is 0 Å². The highest BCUT2D eigenvalue weighted by molar-refractivity contribution is 7.12. The highest BCUT2D eigenvalue weighted by atomic mass is 32.1. The van der Waals surface area contributed by atoms with Gasteiger partial charge in [-0.25, -0.2) is 0 Å². The average Bonchev–Trinajstić information content (AvgIpc) is 3.11.